The lowest BCUT2D eigenvalue weighted by Gasteiger charge is -2.23. The van der Waals surface area contributed by atoms with Gasteiger partial charge in [0.25, 0.3) is 5.91 Å². The van der Waals surface area contributed by atoms with E-state index in [1.807, 2.05) is 25.1 Å². The second kappa shape index (κ2) is 6.49. The molecule has 0 saturated heterocycles. The first-order valence-electron chi connectivity index (χ1n) is 6.68. The second-order valence-corrected chi connectivity index (χ2v) is 4.85. The van der Waals surface area contributed by atoms with Gasteiger partial charge in [-0.3, -0.25) is 9.78 Å². The number of methoxy groups -OCH3 is 1. The maximum absolute atomic E-state index is 12.6. The third kappa shape index (κ3) is 3.11. The molecule has 1 unspecified atom stereocenters. The summed E-state index contributed by atoms with van der Waals surface area (Å²) in [6, 6.07) is 5.47. The monoisotopic (exact) mass is 289 g/mol. The minimum atomic E-state index is -0.211. The number of aryl methyl sites for hydroxylation is 1. The van der Waals surface area contributed by atoms with Crippen LogP contribution in [0.25, 0.3) is 0 Å². The molecule has 6 nitrogen and oxygen atoms in total. The molecule has 2 aromatic heterocycles. The van der Waals surface area contributed by atoms with Gasteiger partial charge in [0.1, 0.15) is 5.76 Å². The Morgan fingerprint density at radius 3 is 2.86 bits per heavy atom. The minimum Gasteiger partial charge on any atom is -0.380 e. The summed E-state index contributed by atoms with van der Waals surface area (Å²) in [4.78, 5) is 18.5. The van der Waals surface area contributed by atoms with Crippen LogP contribution in [0.3, 0.4) is 0 Å². The number of aromatic nitrogens is 2. The van der Waals surface area contributed by atoms with Gasteiger partial charge in [0.2, 0.25) is 0 Å². The maximum Gasteiger partial charge on any atom is 0.276 e. The van der Waals surface area contributed by atoms with Crippen molar-refractivity contribution < 1.29 is 14.1 Å². The van der Waals surface area contributed by atoms with Crippen LogP contribution in [0.4, 0.5) is 0 Å². The average Bonchev–Trinajstić information content (AvgIpc) is 2.87. The molecule has 0 saturated carbocycles. The molecular weight excluding hydrogens is 270 g/mol. The smallest absolute Gasteiger partial charge is 0.276 e. The van der Waals surface area contributed by atoms with E-state index in [9.17, 15) is 4.79 Å². The zero-order valence-electron chi connectivity index (χ0n) is 12.7. The van der Waals surface area contributed by atoms with Crippen molar-refractivity contribution in [3.8, 4) is 0 Å². The number of amides is 1. The molecule has 0 aromatic carbocycles. The molecule has 0 N–H and O–H groups in total. The van der Waals surface area contributed by atoms with E-state index in [-0.39, 0.29) is 11.9 Å². The number of nitrogens with zero attached hydrogens (tertiary/aromatic N) is 3. The highest BCUT2D eigenvalue weighted by atomic mass is 16.5. The first kappa shape index (κ1) is 15.2. The number of hydrogen-bond donors (Lipinski definition) is 0. The molecule has 0 fully saturated rings. The molecule has 1 atom stereocenters. The highest BCUT2D eigenvalue weighted by molar-refractivity contribution is 5.93. The molecule has 0 aliphatic carbocycles. The summed E-state index contributed by atoms with van der Waals surface area (Å²) in [6.45, 7) is 3.98. The van der Waals surface area contributed by atoms with Crippen LogP contribution in [0.5, 0.6) is 0 Å². The van der Waals surface area contributed by atoms with Crippen LogP contribution in [0, 0.1) is 6.92 Å². The van der Waals surface area contributed by atoms with Crippen LogP contribution in [-0.2, 0) is 11.3 Å². The number of rotatable bonds is 5. The van der Waals surface area contributed by atoms with Crippen molar-refractivity contribution in [2.75, 3.05) is 14.2 Å². The highest BCUT2D eigenvalue weighted by Gasteiger charge is 2.26. The summed E-state index contributed by atoms with van der Waals surface area (Å²) in [5, 5.41) is 3.86. The van der Waals surface area contributed by atoms with E-state index in [0.29, 0.717) is 23.6 Å². The Labute approximate surface area is 123 Å². The summed E-state index contributed by atoms with van der Waals surface area (Å²) in [6.07, 6.45) is 1.71. The molecule has 0 spiro atoms. The van der Waals surface area contributed by atoms with E-state index in [2.05, 4.69) is 10.1 Å². The molecule has 2 heterocycles. The predicted molar refractivity (Wildman–Crippen MR) is 76.7 cm³/mol. The maximum atomic E-state index is 12.6. The lowest BCUT2D eigenvalue weighted by Crippen LogP contribution is -2.31. The first-order valence-corrected chi connectivity index (χ1v) is 6.68. The van der Waals surface area contributed by atoms with Gasteiger partial charge in [0.15, 0.2) is 5.69 Å². The van der Waals surface area contributed by atoms with Crippen LogP contribution < -0.4 is 0 Å². The summed E-state index contributed by atoms with van der Waals surface area (Å²) >= 11 is 0. The Morgan fingerprint density at radius 1 is 1.48 bits per heavy atom. The first-order chi connectivity index (χ1) is 10.1. The fraction of sp³-hybridized carbons (Fsp3) is 0.400. The molecule has 112 valence electrons. The van der Waals surface area contributed by atoms with E-state index in [4.69, 9.17) is 9.26 Å². The van der Waals surface area contributed by atoms with Crippen LogP contribution in [-0.4, -0.2) is 35.1 Å². The number of pyridine rings is 1. The van der Waals surface area contributed by atoms with Gasteiger partial charge in [-0.15, -0.1) is 0 Å². The molecule has 1 amide bonds. The van der Waals surface area contributed by atoms with Gasteiger partial charge < -0.3 is 14.2 Å². The predicted octanol–water partition coefficient (Wildman–Crippen LogP) is 2.36. The molecule has 6 heteroatoms. The largest absolute Gasteiger partial charge is 0.380 e. The Hall–Kier alpha value is -2.21. The lowest BCUT2D eigenvalue weighted by atomic mass is 10.1. The third-order valence-corrected chi connectivity index (χ3v) is 3.49. The summed E-state index contributed by atoms with van der Waals surface area (Å²) < 4.78 is 10.2. The van der Waals surface area contributed by atoms with Gasteiger partial charge in [-0.1, -0.05) is 11.2 Å². The number of carbonyl (C=O) groups excluding carboxylic acids is 1. The summed E-state index contributed by atoms with van der Waals surface area (Å²) in [5.41, 5.74) is 1.80. The highest BCUT2D eigenvalue weighted by Crippen LogP contribution is 2.21. The van der Waals surface area contributed by atoms with Crippen molar-refractivity contribution in [3.63, 3.8) is 0 Å². The van der Waals surface area contributed by atoms with Crippen LogP contribution in [0.2, 0.25) is 0 Å². The molecule has 0 bridgehead atoms. The molecule has 0 aliphatic rings. The van der Waals surface area contributed by atoms with Crippen molar-refractivity contribution in [3.05, 3.63) is 47.1 Å². The fourth-order valence-electron chi connectivity index (χ4n) is 2.04. The van der Waals surface area contributed by atoms with Crippen molar-refractivity contribution in [1.82, 2.24) is 15.0 Å². The van der Waals surface area contributed by atoms with Crippen LogP contribution >= 0.6 is 0 Å². The molecule has 21 heavy (non-hydrogen) atoms. The molecule has 0 aliphatic heterocycles. The van der Waals surface area contributed by atoms with E-state index in [0.717, 1.165) is 5.69 Å². The zero-order valence-corrected chi connectivity index (χ0v) is 12.7. The summed E-state index contributed by atoms with van der Waals surface area (Å²) in [5.74, 6) is 0.385. The van der Waals surface area contributed by atoms with Crippen molar-refractivity contribution >= 4 is 5.91 Å². The lowest BCUT2D eigenvalue weighted by molar-refractivity contribution is 0.0725. The van der Waals surface area contributed by atoms with Gasteiger partial charge in [-0.2, -0.15) is 0 Å². The third-order valence-electron chi connectivity index (χ3n) is 3.49. The van der Waals surface area contributed by atoms with Gasteiger partial charge in [0.05, 0.1) is 23.9 Å². The van der Waals surface area contributed by atoms with E-state index < -0.39 is 0 Å². The normalized spacial score (nSPS) is 12.2. The second-order valence-electron chi connectivity index (χ2n) is 4.85. The van der Waals surface area contributed by atoms with Gasteiger partial charge in [-0.25, -0.2) is 0 Å². The van der Waals surface area contributed by atoms with E-state index >= 15 is 0 Å². The van der Waals surface area contributed by atoms with Gasteiger partial charge in [-0.05, 0) is 26.0 Å². The topological polar surface area (TPSA) is 68.5 Å². The standard InChI is InChI=1S/C15H19N3O3/c1-10(13-7-5-6-8-16-13)18(3)15(19)14-12(9-20-4)11(2)21-17-14/h5-8,10H,9H2,1-4H3. The molecule has 2 rings (SSSR count). The Morgan fingerprint density at radius 2 is 2.24 bits per heavy atom. The Bertz CT molecular complexity index is 610. The fourth-order valence-corrected chi connectivity index (χ4v) is 2.04. The number of hydrogen-bond acceptors (Lipinski definition) is 5. The van der Waals surface area contributed by atoms with Crippen LogP contribution in [0.1, 0.15) is 40.5 Å². The molecular formula is C15H19N3O3. The molecule has 0 radical (unpaired) electrons. The van der Waals surface area contributed by atoms with E-state index in [1.165, 1.54) is 0 Å². The van der Waals surface area contributed by atoms with Gasteiger partial charge >= 0.3 is 0 Å². The van der Waals surface area contributed by atoms with Crippen LogP contribution in [0.15, 0.2) is 28.9 Å². The summed E-state index contributed by atoms with van der Waals surface area (Å²) in [7, 11) is 3.29. The van der Waals surface area contributed by atoms with Gasteiger partial charge in [0, 0.05) is 20.4 Å². The average molecular weight is 289 g/mol. The van der Waals surface area contributed by atoms with Crippen molar-refractivity contribution in [2.45, 2.75) is 26.5 Å². The van der Waals surface area contributed by atoms with Crippen molar-refractivity contribution in [1.29, 1.82) is 0 Å². The Kier molecular flexibility index (Phi) is 4.70. The number of carbonyl (C=O) groups is 1. The number of ether oxygens (including phenoxy) is 1. The SMILES string of the molecule is COCc1c(C(=O)N(C)C(C)c2ccccn2)noc1C. The van der Waals surface area contributed by atoms with Crippen molar-refractivity contribution in [2.24, 2.45) is 0 Å². The Balaban J connectivity index is 2.23. The zero-order chi connectivity index (χ0) is 15.4. The van der Waals surface area contributed by atoms with E-state index in [1.54, 1.807) is 32.2 Å². The quantitative estimate of drug-likeness (QED) is 0.845. The molecule has 2 aromatic rings. The minimum absolute atomic E-state index is 0.161.